The smallest absolute Gasteiger partial charge is 0.408 e. The Kier molecular flexibility index (Phi) is 5.17. The van der Waals surface area contributed by atoms with Crippen LogP contribution in [0.3, 0.4) is 0 Å². The van der Waals surface area contributed by atoms with Gasteiger partial charge in [-0.1, -0.05) is 0 Å². The van der Waals surface area contributed by atoms with Gasteiger partial charge in [0, 0.05) is 6.42 Å². The Hall–Kier alpha value is -0.850. The summed E-state index contributed by atoms with van der Waals surface area (Å²) in [5, 5.41) is 2.70. The number of ether oxygens (including phenoxy) is 3. The zero-order valence-electron chi connectivity index (χ0n) is 10.7. The Morgan fingerprint density at radius 1 is 1.41 bits per heavy atom. The summed E-state index contributed by atoms with van der Waals surface area (Å²) < 4.78 is 15.9. The number of hydrogen-bond donors (Lipinski definition) is 2. The van der Waals surface area contributed by atoms with Crippen LogP contribution >= 0.6 is 0 Å². The second-order valence-corrected chi connectivity index (χ2v) is 5.02. The molecule has 1 amide bonds. The lowest BCUT2D eigenvalue weighted by atomic mass is 10.2. The van der Waals surface area contributed by atoms with Crippen LogP contribution in [0.15, 0.2) is 0 Å². The molecule has 0 aliphatic carbocycles. The minimum atomic E-state index is -0.497. The Labute approximate surface area is 102 Å². The predicted octanol–water partition coefficient (Wildman–Crippen LogP) is 0.601. The number of hydrogen-bond acceptors (Lipinski definition) is 5. The van der Waals surface area contributed by atoms with Gasteiger partial charge in [-0.3, -0.25) is 0 Å². The molecule has 0 aromatic carbocycles. The van der Waals surface area contributed by atoms with Gasteiger partial charge >= 0.3 is 6.09 Å². The molecule has 1 aliphatic rings. The monoisotopic (exact) mass is 246 g/mol. The van der Waals surface area contributed by atoms with E-state index in [0.717, 1.165) is 0 Å². The van der Waals surface area contributed by atoms with E-state index in [2.05, 4.69) is 5.32 Å². The van der Waals surface area contributed by atoms with Crippen molar-refractivity contribution in [1.82, 2.24) is 5.32 Å². The Morgan fingerprint density at radius 2 is 2.00 bits per heavy atom. The Balaban J connectivity index is 2.24. The number of nitrogens with one attached hydrogen (secondary N) is 1. The van der Waals surface area contributed by atoms with Gasteiger partial charge in [0.15, 0.2) is 6.29 Å². The van der Waals surface area contributed by atoms with Gasteiger partial charge < -0.3 is 25.3 Å². The molecule has 0 atom stereocenters. The van der Waals surface area contributed by atoms with E-state index in [4.69, 9.17) is 19.9 Å². The fraction of sp³-hybridized carbons (Fsp3) is 0.909. The Morgan fingerprint density at radius 3 is 2.47 bits per heavy atom. The van der Waals surface area contributed by atoms with Gasteiger partial charge in [0.2, 0.25) is 0 Å². The normalized spacial score (nSPS) is 25.4. The molecule has 0 aromatic rings. The number of carbonyl (C=O) groups excluding carboxylic acids is 1. The quantitative estimate of drug-likeness (QED) is 0.762. The van der Waals surface area contributed by atoms with E-state index in [1.165, 1.54) is 0 Å². The van der Waals surface area contributed by atoms with Crippen LogP contribution in [0.5, 0.6) is 0 Å². The highest BCUT2D eigenvalue weighted by Crippen LogP contribution is 2.10. The van der Waals surface area contributed by atoms with E-state index in [1.807, 2.05) is 20.8 Å². The first-order valence-corrected chi connectivity index (χ1v) is 5.83. The SMILES string of the molecule is CC(C)(C)OC(=O)N[C@H]1CO[C@H](CCN)OC1. The second kappa shape index (κ2) is 6.18. The van der Waals surface area contributed by atoms with Gasteiger partial charge in [0.05, 0.1) is 19.3 Å². The Bertz CT molecular complexity index is 244. The average molecular weight is 246 g/mol. The fourth-order valence-electron chi connectivity index (χ4n) is 1.40. The summed E-state index contributed by atoms with van der Waals surface area (Å²) >= 11 is 0. The molecule has 0 radical (unpaired) electrons. The molecule has 0 spiro atoms. The standard InChI is InChI=1S/C11H22N2O4/c1-11(2,3)17-10(14)13-8-6-15-9(4-5-12)16-7-8/h8-9H,4-7,12H2,1-3H3,(H,13,14)/t8-,9-. The summed E-state index contributed by atoms with van der Waals surface area (Å²) in [7, 11) is 0. The number of alkyl carbamates (subject to hydrolysis) is 1. The van der Waals surface area contributed by atoms with Crippen molar-refractivity contribution in [3.63, 3.8) is 0 Å². The summed E-state index contributed by atoms with van der Waals surface area (Å²) in [6, 6.07) is -0.168. The van der Waals surface area contributed by atoms with E-state index in [-0.39, 0.29) is 12.3 Å². The molecule has 17 heavy (non-hydrogen) atoms. The lowest BCUT2D eigenvalue weighted by molar-refractivity contribution is -0.190. The largest absolute Gasteiger partial charge is 0.444 e. The third kappa shape index (κ3) is 5.86. The zero-order valence-corrected chi connectivity index (χ0v) is 10.7. The van der Waals surface area contributed by atoms with Crippen molar-refractivity contribution in [2.24, 2.45) is 5.73 Å². The number of amides is 1. The van der Waals surface area contributed by atoms with Crippen LogP contribution in [0, 0.1) is 0 Å². The molecule has 0 saturated carbocycles. The zero-order chi connectivity index (χ0) is 12.9. The highest BCUT2D eigenvalue weighted by molar-refractivity contribution is 5.68. The van der Waals surface area contributed by atoms with Gasteiger partial charge in [-0.15, -0.1) is 0 Å². The number of nitrogens with two attached hydrogens (primary N) is 1. The maximum absolute atomic E-state index is 11.5. The van der Waals surface area contributed by atoms with E-state index in [9.17, 15) is 4.79 Å². The van der Waals surface area contributed by atoms with Crippen LogP contribution in [0.25, 0.3) is 0 Å². The first kappa shape index (κ1) is 14.2. The molecule has 6 heteroatoms. The second-order valence-electron chi connectivity index (χ2n) is 5.02. The molecule has 0 aromatic heterocycles. The van der Waals surface area contributed by atoms with Crippen molar-refractivity contribution in [2.75, 3.05) is 19.8 Å². The number of carbonyl (C=O) groups is 1. The van der Waals surface area contributed by atoms with Gasteiger partial charge in [-0.05, 0) is 27.3 Å². The molecule has 1 rings (SSSR count). The summed E-state index contributed by atoms with van der Waals surface area (Å²) in [6.07, 6.45) is -0.0391. The van der Waals surface area contributed by atoms with Crippen LogP contribution < -0.4 is 11.1 Å². The summed E-state index contributed by atoms with van der Waals surface area (Å²) in [5.74, 6) is 0. The van der Waals surface area contributed by atoms with Gasteiger partial charge in [0.1, 0.15) is 5.60 Å². The van der Waals surface area contributed by atoms with Crippen LogP contribution in [-0.4, -0.2) is 43.8 Å². The highest BCUT2D eigenvalue weighted by atomic mass is 16.7. The van der Waals surface area contributed by atoms with E-state index >= 15 is 0 Å². The molecule has 0 bridgehead atoms. The molecular formula is C11H22N2O4. The minimum Gasteiger partial charge on any atom is -0.444 e. The summed E-state index contributed by atoms with van der Waals surface area (Å²) in [4.78, 5) is 11.5. The fourth-order valence-corrected chi connectivity index (χ4v) is 1.40. The first-order chi connectivity index (χ1) is 7.90. The minimum absolute atomic E-state index is 0.168. The highest BCUT2D eigenvalue weighted by Gasteiger charge is 2.25. The van der Waals surface area contributed by atoms with Crippen LogP contribution in [0.2, 0.25) is 0 Å². The van der Waals surface area contributed by atoms with Crippen molar-refractivity contribution >= 4 is 6.09 Å². The molecule has 6 nitrogen and oxygen atoms in total. The molecular weight excluding hydrogens is 224 g/mol. The number of rotatable bonds is 3. The van der Waals surface area contributed by atoms with Gasteiger partial charge in [0.25, 0.3) is 0 Å². The van der Waals surface area contributed by atoms with Gasteiger partial charge in [-0.2, -0.15) is 0 Å². The van der Waals surface area contributed by atoms with E-state index in [0.29, 0.717) is 26.2 Å². The molecule has 1 fully saturated rings. The van der Waals surface area contributed by atoms with Crippen molar-refractivity contribution < 1.29 is 19.0 Å². The molecule has 100 valence electrons. The van der Waals surface area contributed by atoms with E-state index in [1.54, 1.807) is 0 Å². The lowest BCUT2D eigenvalue weighted by Crippen LogP contribution is -2.48. The predicted molar refractivity (Wildman–Crippen MR) is 62.5 cm³/mol. The van der Waals surface area contributed by atoms with Crippen molar-refractivity contribution in [3.05, 3.63) is 0 Å². The van der Waals surface area contributed by atoms with Crippen molar-refractivity contribution in [1.29, 1.82) is 0 Å². The topological polar surface area (TPSA) is 82.8 Å². The maximum atomic E-state index is 11.5. The summed E-state index contributed by atoms with van der Waals surface area (Å²) in [6.45, 7) is 6.82. The lowest BCUT2D eigenvalue weighted by Gasteiger charge is -2.30. The maximum Gasteiger partial charge on any atom is 0.408 e. The van der Waals surface area contributed by atoms with Gasteiger partial charge in [-0.25, -0.2) is 4.79 Å². The third-order valence-electron chi connectivity index (χ3n) is 2.09. The summed E-state index contributed by atoms with van der Waals surface area (Å²) in [5.41, 5.74) is 4.90. The molecule has 1 saturated heterocycles. The van der Waals surface area contributed by atoms with Crippen molar-refractivity contribution in [3.8, 4) is 0 Å². The molecule has 1 aliphatic heterocycles. The third-order valence-corrected chi connectivity index (χ3v) is 2.09. The first-order valence-electron chi connectivity index (χ1n) is 5.83. The molecule has 3 N–H and O–H groups in total. The van der Waals surface area contributed by atoms with Crippen LogP contribution in [0.4, 0.5) is 4.79 Å². The van der Waals surface area contributed by atoms with E-state index < -0.39 is 11.7 Å². The molecule has 1 heterocycles. The van der Waals surface area contributed by atoms with Crippen molar-refractivity contribution in [2.45, 2.75) is 45.1 Å². The van der Waals surface area contributed by atoms with Crippen LogP contribution in [-0.2, 0) is 14.2 Å². The molecule has 0 unspecified atom stereocenters. The average Bonchev–Trinajstić information content (AvgIpc) is 2.18. The van der Waals surface area contributed by atoms with Crippen LogP contribution in [0.1, 0.15) is 27.2 Å².